The van der Waals surface area contributed by atoms with E-state index in [1.54, 1.807) is 48.5 Å². The molecule has 0 aliphatic rings. The van der Waals surface area contributed by atoms with E-state index in [0.717, 1.165) is 11.1 Å². The lowest BCUT2D eigenvalue weighted by molar-refractivity contribution is -0.132. The molecular weight excluding hydrogens is 364 g/mol. The Labute approximate surface area is 161 Å². The molecule has 0 aromatic heterocycles. The van der Waals surface area contributed by atoms with Crippen LogP contribution >= 0.6 is 0 Å². The zero-order valence-electron chi connectivity index (χ0n) is 15.6. The summed E-state index contributed by atoms with van der Waals surface area (Å²) >= 11 is 0. The van der Waals surface area contributed by atoms with Crippen LogP contribution in [0.3, 0.4) is 0 Å². The normalized spacial score (nSPS) is 11.1. The number of carbonyl (C=O) groups excluding carboxylic acids is 4. The van der Waals surface area contributed by atoms with Crippen molar-refractivity contribution in [2.75, 3.05) is 7.05 Å². The number of hydrogen-bond acceptors (Lipinski definition) is 6. The third kappa shape index (κ3) is 5.66. The van der Waals surface area contributed by atoms with Crippen molar-refractivity contribution in [1.82, 2.24) is 10.6 Å². The van der Waals surface area contributed by atoms with Gasteiger partial charge in [0.1, 0.15) is 5.75 Å². The summed E-state index contributed by atoms with van der Waals surface area (Å²) in [6, 6.07) is 12.8. The van der Waals surface area contributed by atoms with Crippen LogP contribution in [0.15, 0.2) is 48.5 Å². The van der Waals surface area contributed by atoms with Crippen LogP contribution in [0.2, 0.25) is 0 Å². The summed E-state index contributed by atoms with van der Waals surface area (Å²) in [7, 11) is 1.37. The second-order valence-corrected chi connectivity index (χ2v) is 5.81. The fraction of sp³-hybridized carbons (Fsp3) is 0.200. The largest absolute Gasteiger partial charge is 0.449 e. The monoisotopic (exact) mass is 384 g/mol. The molecule has 1 atom stereocenters. The van der Waals surface area contributed by atoms with Gasteiger partial charge in [-0.15, -0.1) is 0 Å². The fourth-order valence-electron chi connectivity index (χ4n) is 2.24. The van der Waals surface area contributed by atoms with Crippen molar-refractivity contribution in [2.45, 2.75) is 20.0 Å². The van der Waals surface area contributed by atoms with Crippen LogP contribution in [-0.4, -0.2) is 37.0 Å². The lowest BCUT2D eigenvalue weighted by Crippen LogP contribution is -2.43. The minimum absolute atomic E-state index is 0.264. The number of benzene rings is 2. The maximum Gasteiger partial charge on any atom is 0.338 e. The van der Waals surface area contributed by atoms with E-state index in [2.05, 4.69) is 5.32 Å². The maximum absolute atomic E-state index is 12.2. The minimum atomic E-state index is -1.13. The summed E-state index contributed by atoms with van der Waals surface area (Å²) in [5, 5.41) is 4.27. The van der Waals surface area contributed by atoms with Crippen LogP contribution in [0.5, 0.6) is 5.75 Å². The Hall–Kier alpha value is -3.68. The number of ether oxygens (including phenoxy) is 2. The summed E-state index contributed by atoms with van der Waals surface area (Å²) in [6.07, 6.45) is -1.13. The molecule has 0 aliphatic heterocycles. The van der Waals surface area contributed by atoms with E-state index in [-0.39, 0.29) is 5.56 Å². The first-order valence-corrected chi connectivity index (χ1v) is 8.42. The number of amides is 3. The molecule has 2 N–H and O–H groups in total. The van der Waals surface area contributed by atoms with Gasteiger partial charge in [-0.25, -0.2) is 9.59 Å². The number of hydrogen-bond donors (Lipinski definition) is 2. The smallest absolute Gasteiger partial charge is 0.338 e. The molecule has 0 bridgehead atoms. The number of carbonyl (C=O) groups is 4. The SMILES string of the molecule is CNC(=O)NC(=O)[C@H](C)OC(=O)c1ccc(-c2ccc(OC(C)=O)cc2)cc1. The lowest BCUT2D eigenvalue weighted by atomic mass is 10.0. The standard InChI is InChI=1S/C20H20N2O6/c1-12(18(24)22-20(26)21-3)27-19(25)16-6-4-14(5-7-16)15-8-10-17(11-9-15)28-13(2)23/h4-12H,1-3H3,(H2,21,22,24,26)/t12-/m0/s1. The number of urea groups is 1. The number of imide groups is 1. The molecule has 0 heterocycles. The number of esters is 2. The van der Waals surface area contributed by atoms with Gasteiger partial charge in [0, 0.05) is 14.0 Å². The van der Waals surface area contributed by atoms with Crippen LogP contribution < -0.4 is 15.4 Å². The van der Waals surface area contributed by atoms with Gasteiger partial charge in [0.15, 0.2) is 6.10 Å². The Bertz CT molecular complexity index is 875. The van der Waals surface area contributed by atoms with Crippen molar-refractivity contribution < 1.29 is 28.7 Å². The van der Waals surface area contributed by atoms with E-state index < -0.39 is 30.0 Å². The molecule has 0 aliphatic carbocycles. The van der Waals surface area contributed by atoms with E-state index in [0.29, 0.717) is 5.75 Å². The molecule has 0 spiro atoms. The van der Waals surface area contributed by atoms with Crippen LogP contribution in [-0.2, 0) is 14.3 Å². The first-order valence-electron chi connectivity index (χ1n) is 8.42. The van der Waals surface area contributed by atoms with Crippen LogP contribution in [0.1, 0.15) is 24.2 Å². The molecule has 0 saturated heterocycles. The van der Waals surface area contributed by atoms with Gasteiger partial charge in [-0.3, -0.25) is 14.9 Å². The lowest BCUT2D eigenvalue weighted by Gasteiger charge is -2.13. The number of rotatable bonds is 5. The Kier molecular flexibility index (Phi) is 6.86. The van der Waals surface area contributed by atoms with Gasteiger partial charge in [-0.1, -0.05) is 24.3 Å². The van der Waals surface area contributed by atoms with Crippen LogP contribution in [0.4, 0.5) is 4.79 Å². The predicted octanol–water partition coefficient (Wildman–Crippen LogP) is 2.28. The zero-order chi connectivity index (χ0) is 20.7. The Morgan fingerprint density at radius 1 is 0.893 bits per heavy atom. The molecule has 8 heteroatoms. The minimum Gasteiger partial charge on any atom is -0.449 e. The quantitative estimate of drug-likeness (QED) is 0.604. The molecule has 2 aromatic carbocycles. The van der Waals surface area contributed by atoms with Gasteiger partial charge in [0.2, 0.25) is 0 Å². The molecule has 146 valence electrons. The van der Waals surface area contributed by atoms with Gasteiger partial charge in [-0.2, -0.15) is 0 Å². The Morgan fingerprint density at radius 2 is 1.43 bits per heavy atom. The number of nitrogens with one attached hydrogen (secondary N) is 2. The van der Waals surface area contributed by atoms with Crippen molar-refractivity contribution in [3.05, 3.63) is 54.1 Å². The van der Waals surface area contributed by atoms with E-state index in [1.165, 1.54) is 20.9 Å². The van der Waals surface area contributed by atoms with Crippen LogP contribution in [0.25, 0.3) is 11.1 Å². The van der Waals surface area contributed by atoms with E-state index in [9.17, 15) is 19.2 Å². The molecular formula is C20H20N2O6. The molecule has 0 radical (unpaired) electrons. The summed E-state index contributed by atoms with van der Waals surface area (Å²) in [5.74, 6) is -1.36. The third-order valence-corrected chi connectivity index (χ3v) is 3.69. The molecule has 2 aromatic rings. The fourth-order valence-corrected chi connectivity index (χ4v) is 2.24. The third-order valence-electron chi connectivity index (χ3n) is 3.69. The summed E-state index contributed by atoms with van der Waals surface area (Å²) in [6.45, 7) is 2.70. The van der Waals surface area contributed by atoms with Gasteiger partial charge in [0.25, 0.3) is 5.91 Å². The van der Waals surface area contributed by atoms with Gasteiger partial charge in [0.05, 0.1) is 5.56 Å². The summed E-state index contributed by atoms with van der Waals surface area (Å²) < 4.78 is 10.0. The topological polar surface area (TPSA) is 111 Å². The molecule has 8 nitrogen and oxygen atoms in total. The highest BCUT2D eigenvalue weighted by atomic mass is 16.5. The summed E-state index contributed by atoms with van der Waals surface area (Å²) in [5.41, 5.74) is 1.98. The van der Waals surface area contributed by atoms with Crippen molar-refractivity contribution in [2.24, 2.45) is 0 Å². The second-order valence-electron chi connectivity index (χ2n) is 5.81. The average Bonchev–Trinajstić information content (AvgIpc) is 2.68. The Morgan fingerprint density at radius 3 is 1.93 bits per heavy atom. The molecule has 2 rings (SSSR count). The first kappa shape index (κ1) is 20.6. The van der Waals surface area contributed by atoms with Crippen molar-refractivity contribution in [1.29, 1.82) is 0 Å². The molecule has 0 unspecified atom stereocenters. The molecule has 3 amide bonds. The van der Waals surface area contributed by atoms with E-state index >= 15 is 0 Å². The van der Waals surface area contributed by atoms with Gasteiger partial charge < -0.3 is 14.8 Å². The van der Waals surface area contributed by atoms with E-state index in [4.69, 9.17) is 9.47 Å². The molecule has 0 fully saturated rings. The highest BCUT2D eigenvalue weighted by Gasteiger charge is 2.20. The first-order chi connectivity index (χ1) is 13.3. The van der Waals surface area contributed by atoms with Crippen LogP contribution in [0, 0.1) is 0 Å². The molecule has 28 heavy (non-hydrogen) atoms. The zero-order valence-corrected chi connectivity index (χ0v) is 15.6. The maximum atomic E-state index is 12.2. The van der Waals surface area contributed by atoms with Crippen molar-refractivity contribution >= 4 is 23.9 Å². The highest BCUT2D eigenvalue weighted by molar-refractivity contribution is 5.98. The van der Waals surface area contributed by atoms with Crippen molar-refractivity contribution in [3.8, 4) is 16.9 Å². The van der Waals surface area contributed by atoms with Gasteiger partial charge >= 0.3 is 18.0 Å². The average molecular weight is 384 g/mol. The van der Waals surface area contributed by atoms with Crippen molar-refractivity contribution in [3.63, 3.8) is 0 Å². The predicted molar refractivity (Wildman–Crippen MR) is 101 cm³/mol. The highest BCUT2D eigenvalue weighted by Crippen LogP contribution is 2.23. The Balaban J connectivity index is 2.01. The second kappa shape index (κ2) is 9.31. The van der Waals surface area contributed by atoms with Gasteiger partial charge in [-0.05, 0) is 42.3 Å². The summed E-state index contributed by atoms with van der Waals surface area (Å²) in [4.78, 5) is 46.0. The van der Waals surface area contributed by atoms with E-state index in [1.807, 2.05) is 5.32 Å². The molecule has 0 saturated carbocycles.